The third-order valence-corrected chi connectivity index (χ3v) is 3.83. The van der Waals surface area contributed by atoms with E-state index in [0.717, 1.165) is 8.95 Å². The van der Waals surface area contributed by atoms with E-state index in [1.54, 1.807) is 0 Å². The molecule has 2 aromatic rings. The van der Waals surface area contributed by atoms with Gasteiger partial charge in [-0.05, 0) is 35.4 Å². The average molecular weight is 354 g/mol. The Balaban J connectivity index is 1.83. The summed E-state index contributed by atoms with van der Waals surface area (Å²) in [5.41, 5.74) is 2.45. The van der Waals surface area contributed by atoms with E-state index < -0.39 is 0 Å². The molecule has 17 heavy (non-hydrogen) atoms. The monoisotopic (exact) mass is 352 g/mol. The summed E-state index contributed by atoms with van der Waals surface area (Å²) in [5, 5.41) is 0. The molecule has 1 saturated heterocycles. The molecule has 0 aromatic heterocycles. The van der Waals surface area contributed by atoms with E-state index in [9.17, 15) is 0 Å². The minimum absolute atomic E-state index is 0.196. The quantitative estimate of drug-likeness (QED) is 0.690. The Morgan fingerprint density at radius 3 is 1.65 bits per heavy atom. The molecule has 1 fully saturated rings. The molecule has 0 bridgehead atoms. The van der Waals surface area contributed by atoms with Gasteiger partial charge in [-0.2, -0.15) is 0 Å². The van der Waals surface area contributed by atoms with Crippen LogP contribution in [0.3, 0.4) is 0 Å². The molecule has 0 unspecified atom stereocenters. The largest absolute Gasteiger partial charge is 0.359 e. The summed E-state index contributed by atoms with van der Waals surface area (Å²) in [6, 6.07) is 16.6. The number of rotatable bonds is 2. The van der Waals surface area contributed by atoms with Crippen molar-refractivity contribution < 1.29 is 4.74 Å². The fourth-order valence-corrected chi connectivity index (χ4v) is 2.82. The van der Waals surface area contributed by atoms with Crippen LogP contribution >= 0.6 is 31.9 Å². The molecule has 0 saturated carbocycles. The third kappa shape index (κ3) is 2.46. The smallest absolute Gasteiger partial charge is 0.114 e. The van der Waals surface area contributed by atoms with Crippen LogP contribution in [0, 0.1) is 0 Å². The van der Waals surface area contributed by atoms with Gasteiger partial charge in [-0.15, -0.1) is 0 Å². The summed E-state index contributed by atoms with van der Waals surface area (Å²) < 4.78 is 7.95. The molecule has 0 N–H and O–H groups in total. The number of epoxide rings is 1. The normalized spacial score (nSPS) is 22.5. The predicted molar refractivity (Wildman–Crippen MR) is 74.9 cm³/mol. The van der Waals surface area contributed by atoms with Crippen molar-refractivity contribution >= 4 is 31.9 Å². The van der Waals surface area contributed by atoms with Crippen molar-refractivity contribution in [2.75, 3.05) is 0 Å². The number of benzene rings is 2. The fourth-order valence-electron chi connectivity index (χ4n) is 1.99. The molecule has 0 spiro atoms. The maximum absolute atomic E-state index is 5.76. The van der Waals surface area contributed by atoms with E-state index >= 15 is 0 Å². The lowest BCUT2D eigenvalue weighted by molar-refractivity contribution is 0.377. The highest BCUT2D eigenvalue weighted by molar-refractivity contribution is 9.10. The molecule has 0 aliphatic carbocycles. The molecule has 3 rings (SSSR count). The first-order valence-corrected chi connectivity index (χ1v) is 6.99. The maximum atomic E-state index is 5.76. The molecule has 0 radical (unpaired) electrons. The minimum atomic E-state index is 0.196. The molecule has 1 nitrogen and oxygen atoms in total. The Labute approximate surface area is 117 Å². The molecule has 2 atom stereocenters. The predicted octanol–water partition coefficient (Wildman–Crippen LogP) is 5.02. The zero-order valence-electron chi connectivity index (χ0n) is 8.94. The molecule has 86 valence electrons. The van der Waals surface area contributed by atoms with Gasteiger partial charge >= 0.3 is 0 Å². The van der Waals surface area contributed by atoms with Crippen molar-refractivity contribution in [3.63, 3.8) is 0 Å². The zero-order valence-corrected chi connectivity index (χ0v) is 12.1. The number of halogens is 2. The summed E-state index contributed by atoms with van der Waals surface area (Å²) in [4.78, 5) is 0. The van der Waals surface area contributed by atoms with Gasteiger partial charge in [-0.25, -0.2) is 0 Å². The van der Waals surface area contributed by atoms with Crippen molar-refractivity contribution in [2.24, 2.45) is 0 Å². The second-order valence-electron chi connectivity index (χ2n) is 4.09. The topological polar surface area (TPSA) is 12.5 Å². The van der Waals surface area contributed by atoms with Gasteiger partial charge in [0.15, 0.2) is 0 Å². The first kappa shape index (κ1) is 11.5. The van der Waals surface area contributed by atoms with E-state index in [-0.39, 0.29) is 12.2 Å². The maximum Gasteiger partial charge on any atom is 0.114 e. The molecule has 1 aliphatic heterocycles. The Kier molecular flexibility index (Phi) is 3.07. The lowest BCUT2D eigenvalue weighted by atomic mass is 10.0. The molecule has 3 heteroatoms. The highest BCUT2D eigenvalue weighted by Crippen LogP contribution is 2.51. The second-order valence-corrected chi connectivity index (χ2v) is 5.92. The third-order valence-electron chi connectivity index (χ3n) is 2.85. The van der Waals surface area contributed by atoms with Gasteiger partial charge in [0.2, 0.25) is 0 Å². The Morgan fingerprint density at radius 2 is 1.24 bits per heavy atom. The van der Waals surface area contributed by atoms with Crippen LogP contribution in [0.25, 0.3) is 0 Å². The zero-order chi connectivity index (χ0) is 11.8. The fraction of sp³-hybridized carbons (Fsp3) is 0.143. The van der Waals surface area contributed by atoms with Crippen LogP contribution in [0.15, 0.2) is 57.5 Å². The van der Waals surface area contributed by atoms with Crippen LogP contribution in [0.4, 0.5) is 0 Å². The van der Waals surface area contributed by atoms with Gasteiger partial charge in [0.1, 0.15) is 12.2 Å². The lowest BCUT2D eigenvalue weighted by Crippen LogP contribution is -1.84. The van der Waals surface area contributed by atoms with Crippen molar-refractivity contribution in [1.82, 2.24) is 0 Å². The van der Waals surface area contributed by atoms with Crippen LogP contribution in [-0.4, -0.2) is 0 Å². The Morgan fingerprint density at radius 1 is 0.765 bits per heavy atom. The van der Waals surface area contributed by atoms with Crippen LogP contribution in [0.5, 0.6) is 0 Å². The van der Waals surface area contributed by atoms with Gasteiger partial charge in [0.05, 0.1) is 0 Å². The van der Waals surface area contributed by atoms with Crippen molar-refractivity contribution in [1.29, 1.82) is 0 Å². The molecule has 1 aliphatic rings. The standard InChI is InChI=1S/C14H10Br2O/c15-11-5-1-3-9(7-11)13-14(17-13)10-4-2-6-12(16)8-10/h1-8,13-14H/t13-,14+. The lowest BCUT2D eigenvalue weighted by Gasteiger charge is -1.98. The van der Waals surface area contributed by atoms with E-state index in [1.807, 2.05) is 24.3 Å². The van der Waals surface area contributed by atoms with E-state index in [4.69, 9.17) is 4.74 Å². The van der Waals surface area contributed by atoms with Gasteiger partial charge in [0, 0.05) is 8.95 Å². The van der Waals surface area contributed by atoms with Crippen LogP contribution in [-0.2, 0) is 4.74 Å². The summed E-state index contributed by atoms with van der Waals surface area (Å²) in [5.74, 6) is 0. The van der Waals surface area contributed by atoms with Crippen LogP contribution in [0.2, 0.25) is 0 Å². The Hall–Kier alpha value is -0.640. The SMILES string of the molecule is Brc1cccc([C@H]2O[C@H]2c2cccc(Br)c2)c1. The highest BCUT2D eigenvalue weighted by atomic mass is 79.9. The van der Waals surface area contributed by atoms with Crippen LogP contribution < -0.4 is 0 Å². The molecular formula is C14H10Br2O. The Bertz CT molecular complexity index is 504. The average Bonchev–Trinajstić information content (AvgIpc) is 3.09. The van der Waals surface area contributed by atoms with Gasteiger partial charge in [-0.3, -0.25) is 0 Å². The van der Waals surface area contributed by atoms with E-state index in [2.05, 4.69) is 56.1 Å². The van der Waals surface area contributed by atoms with Gasteiger partial charge in [-0.1, -0.05) is 56.1 Å². The first-order chi connectivity index (χ1) is 8.24. The summed E-state index contributed by atoms with van der Waals surface area (Å²) in [7, 11) is 0. The number of hydrogen-bond donors (Lipinski definition) is 0. The van der Waals surface area contributed by atoms with Crippen molar-refractivity contribution in [2.45, 2.75) is 12.2 Å². The van der Waals surface area contributed by atoms with Gasteiger partial charge in [0.25, 0.3) is 0 Å². The first-order valence-electron chi connectivity index (χ1n) is 5.40. The second kappa shape index (κ2) is 4.56. The van der Waals surface area contributed by atoms with E-state index in [0.29, 0.717) is 0 Å². The molecular weight excluding hydrogens is 344 g/mol. The molecule has 0 amide bonds. The molecule has 2 aromatic carbocycles. The highest BCUT2D eigenvalue weighted by Gasteiger charge is 2.41. The number of hydrogen-bond acceptors (Lipinski definition) is 1. The summed E-state index contributed by atoms with van der Waals surface area (Å²) in [6.07, 6.45) is 0.392. The molecule has 1 heterocycles. The van der Waals surface area contributed by atoms with Crippen LogP contribution in [0.1, 0.15) is 23.3 Å². The summed E-state index contributed by atoms with van der Waals surface area (Å²) >= 11 is 6.97. The summed E-state index contributed by atoms with van der Waals surface area (Å²) in [6.45, 7) is 0. The van der Waals surface area contributed by atoms with E-state index in [1.165, 1.54) is 11.1 Å². The van der Waals surface area contributed by atoms with Gasteiger partial charge < -0.3 is 4.74 Å². The minimum Gasteiger partial charge on any atom is -0.359 e. The number of ether oxygens (including phenoxy) is 1. The van der Waals surface area contributed by atoms with Crippen molar-refractivity contribution in [3.8, 4) is 0 Å². The van der Waals surface area contributed by atoms with Crippen molar-refractivity contribution in [3.05, 3.63) is 68.6 Å².